The van der Waals surface area contributed by atoms with Crippen LogP contribution in [0.5, 0.6) is 0 Å². The van der Waals surface area contributed by atoms with Gasteiger partial charge in [0.15, 0.2) is 5.78 Å². The lowest BCUT2D eigenvalue weighted by Gasteiger charge is -2.10. The Hall–Kier alpha value is -1.62. The summed E-state index contributed by atoms with van der Waals surface area (Å²) in [7, 11) is 0. The quantitative estimate of drug-likeness (QED) is 0.775. The average Bonchev–Trinajstić information content (AvgIpc) is 2.30. The van der Waals surface area contributed by atoms with Crippen LogP contribution in [0.1, 0.15) is 44.2 Å². The lowest BCUT2D eigenvalue weighted by Crippen LogP contribution is -2.13. The molecule has 0 aliphatic carbocycles. The molecule has 0 fully saturated rings. The largest absolute Gasteiger partial charge is 0.298 e. The lowest BCUT2D eigenvalue weighted by molar-refractivity contribution is -0.120. The second kappa shape index (κ2) is 6.20. The molecule has 0 aliphatic heterocycles. The van der Waals surface area contributed by atoms with Gasteiger partial charge in [-0.3, -0.25) is 4.79 Å². The zero-order chi connectivity index (χ0) is 12.8. The number of ketones is 1. The third-order valence-electron chi connectivity index (χ3n) is 2.78. The van der Waals surface area contributed by atoms with Gasteiger partial charge in [0.25, 0.3) is 0 Å². The van der Waals surface area contributed by atoms with E-state index in [-0.39, 0.29) is 5.78 Å². The predicted molar refractivity (Wildman–Crippen MR) is 68.6 cm³/mol. The third kappa shape index (κ3) is 3.71. The van der Waals surface area contributed by atoms with Crippen LogP contribution in [0.15, 0.2) is 24.3 Å². The molecule has 1 rings (SSSR count). The molecule has 1 aromatic carbocycles. The summed E-state index contributed by atoms with van der Waals surface area (Å²) in [6.45, 7) is 6.07. The first kappa shape index (κ1) is 13.4. The predicted octanol–water partition coefficient (Wildman–Crippen LogP) is 3.47. The van der Waals surface area contributed by atoms with Gasteiger partial charge in [-0.25, -0.2) is 0 Å². The Morgan fingerprint density at radius 2 is 1.88 bits per heavy atom. The number of hydrogen-bond donors (Lipinski definition) is 0. The van der Waals surface area contributed by atoms with Gasteiger partial charge in [0, 0.05) is 6.42 Å². The monoisotopic (exact) mass is 229 g/mol. The smallest absolute Gasteiger partial charge is 0.154 e. The Morgan fingerprint density at radius 1 is 1.29 bits per heavy atom. The van der Waals surface area contributed by atoms with Crippen LogP contribution in [0, 0.1) is 17.2 Å². The molecule has 90 valence electrons. The number of benzene rings is 1. The summed E-state index contributed by atoms with van der Waals surface area (Å²) >= 11 is 0. The second-order valence-electron chi connectivity index (χ2n) is 4.72. The summed E-state index contributed by atoms with van der Waals surface area (Å²) < 4.78 is 0. The van der Waals surface area contributed by atoms with Gasteiger partial charge in [0.1, 0.15) is 5.92 Å². The molecule has 17 heavy (non-hydrogen) atoms. The summed E-state index contributed by atoms with van der Waals surface area (Å²) in [5.74, 6) is -0.289. The Balaban J connectivity index is 2.86. The van der Waals surface area contributed by atoms with Gasteiger partial charge >= 0.3 is 0 Å². The maximum atomic E-state index is 11.9. The van der Waals surface area contributed by atoms with E-state index in [2.05, 4.69) is 13.0 Å². The molecule has 2 heteroatoms. The fourth-order valence-corrected chi connectivity index (χ4v) is 1.80. The minimum Gasteiger partial charge on any atom is -0.298 e. The molecule has 0 aromatic heterocycles. The maximum Gasteiger partial charge on any atom is 0.154 e. The number of aryl methyl sites for hydroxylation is 1. The van der Waals surface area contributed by atoms with Crippen LogP contribution < -0.4 is 0 Å². The normalized spacial score (nSPS) is 12.2. The Labute approximate surface area is 103 Å². The van der Waals surface area contributed by atoms with Crippen molar-refractivity contribution in [1.82, 2.24) is 0 Å². The first-order chi connectivity index (χ1) is 8.08. The van der Waals surface area contributed by atoms with E-state index in [4.69, 9.17) is 5.26 Å². The van der Waals surface area contributed by atoms with Crippen LogP contribution in [0.2, 0.25) is 0 Å². The van der Waals surface area contributed by atoms with E-state index in [0.717, 1.165) is 12.0 Å². The van der Waals surface area contributed by atoms with E-state index < -0.39 is 5.92 Å². The van der Waals surface area contributed by atoms with Crippen LogP contribution in [0.4, 0.5) is 0 Å². The molecule has 1 unspecified atom stereocenters. The summed E-state index contributed by atoms with van der Waals surface area (Å²) in [5.41, 5.74) is 2.04. The molecule has 0 radical (unpaired) electrons. The molecule has 1 atom stereocenters. The van der Waals surface area contributed by atoms with Gasteiger partial charge in [-0.05, 0) is 23.5 Å². The van der Waals surface area contributed by atoms with Crippen molar-refractivity contribution < 1.29 is 4.79 Å². The van der Waals surface area contributed by atoms with E-state index in [1.165, 1.54) is 5.56 Å². The highest BCUT2D eigenvalue weighted by atomic mass is 16.1. The van der Waals surface area contributed by atoms with E-state index in [1.807, 2.05) is 38.1 Å². The molecule has 0 bridgehead atoms. The van der Waals surface area contributed by atoms with E-state index in [0.29, 0.717) is 12.3 Å². The Kier molecular flexibility index (Phi) is 4.90. The molecular weight excluding hydrogens is 210 g/mol. The van der Waals surface area contributed by atoms with E-state index >= 15 is 0 Å². The standard InChI is InChI=1S/C15H19NO/c1-4-12-5-7-13(8-6-12)14(10-16)15(17)9-11(2)3/h5-8,11,14H,4,9H2,1-3H3. The minimum absolute atomic E-state index is 0.0201. The molecule has 0 amide bonds. The molecule has 1 aromatic rings. The van der Waals surface area contributed by atoms with E-state index in [1.54, 1.807) is 0 Å². The highest BCUT2D eigenvalue weighted by Gasteiger charge is 2.20. The molecular formula is C15H19NO. The van der Waals surface area contributed by atoms with Crippen molar-refractivity contribution in [3.05, 3.63) is 35.4 Å². The molecule has 0 saturated carbocycles. The number of hydrogen-bond acceptors (Lipinski definition) is 2. The lowest BCUT2D eigenvalue weighted by atomic mass is 9.90. The Bertz CT molecular complexity index is 412. The van der Waals surface area contributed by atoms with Crippen LogP contribution >= 0.6 is 0 Å². The Morgan fingerprint density at radius 3 is 2.29 bits per heavy atom. The van der Waals surface area contributed by atoms with Crippen molar-refractivity contribution in [2.45, 2.75) is 39.5 Å². The van der Waals surface area contributed by atoms with Crippen molar-refractivity contribution in [3.63, 3.8) is 0 Å². The zero-order valence-corrected chi connectivity index (χ0v) is 10.7. The molecule has 0 saturated heterocycles. The van der Waals surface area contributed by atoms with Crippen molar-refractivity contribution in [2.24, 2.45) is 5.92 Å². The summed E-state index contributed by atoms with van der Waals surface area (Å²) in [6, 6.07) is 9.88. The molecule has 2 nitrogen and oxygen atoms in total. The van der Waals surface area contributed by atoms with Crippen molar-refractivity contribution in [1.29, 1.82) is 5.26 Å². The van der Waals surface area contributed by atoms with Crippen molar-refractivity contribution in [2.75, 3.05) is 0 Å². The highest BCUT2D eigenvalue weighted by molar-refractivity contribution is 5.88. The fraction of sp³-hybridized carbons (Fsp3) is 0.467. The molecule has 0 N–H and O–H groups in total. The van der Waals surface area contributed by atoms with Crippen LogP contribution in [-0.4, -0.2) is 5.78 Å². The number of Topliss-reactive ketones (excluding diaryl/α,β-unsaturated/α-hetero) is 1. The third-order valence-corrected chi connectivity index (χ3v) is 2.78. The number of carbonyl (C=O) groups excluding carboxylic acids is 1. The summed E-state index contributed by atoms with van der Waals surface area (Å²) in [6.07, 6.45) is 1.44. The van der Waals surface area contributed by atoms with Crippen LogP contribution in [0.25, 0.3) is 0 Å². The number of nitrogens with zero attached hydrogens (tertiary/aromatic N) is 1. The summed E-state index contributed by atoms with van der Waals surface area (Å²) in [5, 5.41) is 9.12. The van der Waals surface area contributed by atoms with Crippen LogP contribution in [0.3, 0.4) is 0 Å². The topological polar surface area (TPSA) is 40.9 Å². The fourth-order valence-electron chi connectivity index (χ4n) is 1.80. The summed E-state index contributed by atoms with van der Waals surface area (Å²) in [4.78, 5) is 11.9. The molecule has 0 aliphatic rings. The molecule has 0 spiro atoms. The minimum atomic E-state index is -0.608. The molecule has 0 heterocycles. The van der Waals surface area contributed by atoms with Gasteiger partial charge in [0.2, 0.25) is 0 Å². The second-order valence-corrected chi connectivity index (χ2v) is 4.72. The first-order valence-electron chi connectivity index (χ1n) is 6.09. The zero-order valence-electron chi connectivity index (χ0n) is 10.7. The number of rotatable bonds is 5. The maximum absolute atomic E-state index is 11.9. The number of carbonyl (C=O) groups is 1. The van der Waals surface area contributed by atoms with Gasteiger partial charge < -0.3 is 0 Å². The first-order valence-corrected chi connectivity index (χ1v) is 6.09. The van der Waals surface area contributed by atoms with Crippen molar-refractivity contribution >= 4 is 5.78 Å². The highest BCUT2D eigenvalue weighted by Crippen LogP contribution is 2.20. The van der Waals surface area contributed by atoms with Gasteiger partial charge in [-0.15, -0.1) is 0 Å². The van der Waals surface area contributed by atoms with Crippen LogP contribution in [-0.2, 0) is 11.2 Å². The van der Waals surface area contributed by atoms with E-state index in [9.17, 15) is 4.79 Å². The van der Waals surface area contributed by atoms with Gasteiger partial charge in [0.05, 0.1) is 6.07 Å². The number of nitriles is 1. The SMILES string of the molecule is CCc1ccc(C(C#N)C(=O)CC(C)C)cc1. The van der Waals surface area contributed by atoms with Crippen molar-refractivity contribution in [3.8, 4) is 6.07 Å². The average molecular weight is 229 g/mol. The van der Waals surface area contributed by atoms with Gasteiger partial charge in [-0.1, -0.05) is 45.0 Å². The van der Waals surface area contributed by atoms with Gasteiger partial charge in [-0.2, -0.15) is 5.26 Å².